The van der Waals surface area contributed by atoms with Gasteiger partial charge >= 0.3 is 6.03 Å². The van der Waals surface area contributed by atoms with E-state index in [0.29, 0.717) is 6.54 Å². The molecule has 0 aliphatic carbocycles. The molecule has 0 spiro atoms. The maximum Gasteiger partial charge on any atom is 0.318 e. The van der Waals surface area contributed by atoms with Crippen molar-refractivity contribution in [1.29, 1.82) is 0 Å². The van der Waals surface area contributed by atoms with Gasteiger partial charge in [0.15, 0.2) is 0 Å². The van der Waals surface area contributed by atoms with Crippen molar-refractivity contribution < 1.29 is 14.1 Å². The molecule has 2 aliphatic heterocycles. The van der Waals surface area contributed by atoms with Crippen LogP contribution >= 0.6 is 0 Å². The van der Waals surface area contributed by atoms with Crippen molar-refractivity contribution in [1.82, 2.24) is 20.3 Å². The highest BCUT2D eigenvalue weighted by Crippen LogP contribution is 2.31. The molecule has 150 valence electrons. The molecule has 0 bridgehead atoms. The standard InChI is InChI=1S/C21H28N4O3/c1-16-12-19(23-28-16)20-6-3-7-25(20)21(26)22-14-17-4-2-5-18(13-17)15-24-8-10-27-11-9-24/h2,4-5,12-13,20H,3,6-11,14-15H2,1H3,(H,22,26). The van der Waals surface area contributed by atoms with E-state index in [2.05, 4.69) is 39.6 Å². The van der Waals surface area contributed by atoms with E-state index in [1.165, 1.54) is 5.56 Å². The van der Waals surface area contributed by atoms with Crippen molar-refractivity contribution in [3.05, 3.63) is 52.9 Å². The van der Waals surface area contributed by atoms with E-state index >= 15 is 0 Å². The molecule has 2 aromatic rings. The van der Waals surface area contributed by atoms with Gasteiger partial charge in [0.1, 0.15) is 11.5 Å². The Morgan fingerprint density at radius 2 is 2.04 bits per heavy atom. The van der Waals surface area contributed by atoms with E-state index in [1.54, 1.807) is 0 Å². The lowest BCUT2D eigenvalue weighted by Gasteiger charge is -2.26. The summed E-state index contributed by atoms with van der Waals surface area (Å²) in [5, 5.41) is 7.18. The van der Waals surface area contributed by atoms with E-state index in [9.17, 15) is 4.79 Å². The van der Waals surface area contributed by atoms with Crippen LogP contribution in [0, 0.1) is 6.92 Å². The normalized spacial score (nSPS) is 20.5. The quantitative estimate of drug-likeness (QED) is 0.858. The zero-order valence-corrected chi connectivity index (χ0v) is 16.4. The Labute approximate surface area is 165 Å². The Morgan fingerprint density at radius 1 is 1.21 bits per heavy atom. The van der Waals surface area contributed by atoms with Crippen LogP contribution in [0.1, 0.15) is 41.5 Å². The van der Waals surface area contributed by atoms with Crippen LogP contribution < -0.4 is 5.32 Å². The first kappa shape index (κ1) is 19.0. The Kier molecular flexibility index (Phi) is 5.92. The number of aryl methyl sites for hydroxylation is 1. The van der Waals surface area contributed by atoms with Crippen LogP contribution in [0.25, 0.3) is 0 Å². The average molecular weight is 384 g/mol. The number of nitrogens with one attached hydrogen (secondary N) is 1. The van der Waals surface area contributed by atoms with Crippen LogP contribution in [0.2, 0.25) is 0 Å². The van der Waals surface area contributed by atoms with Gasteiger partial charge in [-0.3, -0.25) is 4.90 Å². The lowest BCUT2D eigenvalue weighted by Crippen LogP contribution is -2.39. The van der Waals surface area contributed by atoms with Gasteiger partial charge in [0, 0.05) is 38.8 Å². The molecule has 4 rings (SSSR count). The second-order valence-corrected chi connectivity index (χ2v) is 7.58. The molecule has 2 aliphatic rings. The summed E-state index contributed by atoms with van der Waals surface area (Å²) in [5.41, 5.74) is 3.23. The third kappa shape index (κ3) is 4.54. The van der Waals surface area contributed by atoms with Crippen LogP contribution in [0.15, 0.2) is 34.9 Å². The largest absolute Gasteiger partial charge is 0.379 e. The fourth-order valence-corrected chi connectivity index (χ4v) is 3.99. The number of hydrogen-bond donors (Lipinski definition) is 1. The molecule has 2 saturated heterocycles. The molecule has 1 unspecified atom stereocenters. The minimum atomic E-state index is -0.0401. The molecular weight excluding hydrogens is 356 g/mol. The molecule has 2 fully saturated rings. The minimum Gasteiger partial charge on any atom is -0.379 e. The molecule has 3 heterocycles. The van der Waals surface area contributed by atoms with Gasteiger partial charge < -0.3 is 19.5 Å². The van der Waals surface area contributed by atoms with E-state index in [-0.39, 0.29) is 12.1 Å². The molecule has 1 aromatic carbocycles. The fourth-order valence-electron chi connectivity index (χ4n) is 3.99. The van der Waals surface area contributed by atoms with Crippen LogP contribution in [0.5, 0.6) is 0 Å². The Bertz CT molecular complexity index is 800. The topological polar surface area (TPSA) is 70.8 Å². The van der Waals surface area contributed by atoms with Crippen molar-refractivity contribution >= 4 is 6.03 Å². The predicted molar refractivity (Wildman–Crippen MR) is 105 cm³/mol. The van der Waals surface area contributed by atoms with Gasteiger partial charge in [-0.15, -0.1) is 0 Å². The van der Waals surface area contributed by atoms with Gasteiger partial charge in [0.05, 0.1) is 19.3 Å². The van der Waals surface area contributed by atoms with Crippen molar-refractivity contribution in [3.8, 4) is 0 Å². The summed E-state index contributed by atoms with van der Waals surface area (Å²) >= 11 is 0. The summed E-state index contributed by atoms with van der Waals surface area (Å²) in [4.78, 5) is 17.0. The summed E-state index contributed by atoms with van der Waals surface area (Å²) in [7, 11) is 0. The van der Waals surface area contributed by atoms with Crippen molar-refractivity contribution in [2.75, 3.05) is 32.8 Å². The van der Waals surface area contributed by atoms with Crippen LogP contribution in [-0.2, 0) is 17.8 Å². The molecule has 28 heavy (non-hydrogen) atoms. The molecule has 1 aromatic heterocycles. The van der Waals surface area contributed by atoms with Crippen LogP contribution in [0.3, 0.4) is 0 Å². The molecule has 0 radical (unpaired) electrons. The maximum atomic E-state index is 12.7. The average Bonchev–Trinajstić information content (AvgIpc) is 3.36. The summed E-state index contributed by atoms with van der Waals surface area (Å²) in [6.07, 6.45) is 1.91. The second kappa shape index (κ2) is 8.75. The van der Waals surface area contributed by atoms with Crippen LogP contribution in [-0.4, -0.2) is 53.8 Å². The van der Waals surface area contributed by atoms with Crippen molar-refractivity contribution in [2.24, 2.45) is 0 Å². The molecule has 7 nitrogen and oxygen atoms in total. The number of urea groups is 1. The van der Waals surface area contributed by atoms with Gasteiger partial charge in [-0.2, -0.15) is 0 Å². The number of ether oxygens (including phenoxy) is 1. The summed E-state index contributed by atoms with van der Waals surface area (Å²) in [5.74, 6) is 0.777. The van der Waals surface area contributed by atoms with Crippen molar-refractivity contribution in [3.63, 3.8) is 0 Å². The number of benzene rings is 1. The van der Waals surface area contributed by atoms with Gasteiger partial charge in [-0.1, -0.05) is 29.4 Å². The first-order valence-electron chi connectivity index (χ1n) is 10.0. The number of morpholine rings is 1. The number of carbonyl (C=O) groups excluding carboxylic acids is 1. The number of likely N-dealkylation sites (tertiary alicyclic amines) is 1. The van der Waals surface area contributed by atoms with E-state index in [0.717, 1.165) is 69.3 Å². The van der Waals surface area contributed by atoms with Gasteiger partial charge in [0.2, 0.25) is 0 Å². The number of carbonyl (C=O) groups is 1. The van der Waals surface area contributed by atoms with Gasteiger partial charge in [-0.05, 0) is 30.9 Å². The highest BCUT2D eigenvalue weighted by Gasteiger charge is 2.31. The summed E-state index contributed by atoms with van der Waals surface area (Å²) in [6.45, 7) is 7.62. The van der Waals surface area contributed by atoms with Crippen LogP contribution in [0.4, 0.5) is 4.79 Å². The third-order valence-electron chi connectivity index (χ3n) is 5.45. The van der Waals surface area contributed by atoms with Gasteiger partial charge in [-0.25, -0.2) is 4.79 Å². The third-order valence-corrected chi connectivity index (χ3v) is 5.45. The Balaban J connectivity index is 1.33. The Hall–Kier alpha value is -2.38. The summed E-state index contributed by atoms with van der Waals surface area (Å²) < 4.78 is 10.6. The fraction of sp³-hybridized carbons (Fsp3) is 0.524. The van der Waals surface area contributed by atoms with E-state index < -0.39 is 0 Å². The minimum absolute atomic E-state index is 0.00473. The second-order valence-electron chi connectivity index (χ2n) is 7.58. The number of aromatic nitrogens is 1. The first-order valence-corrected chi connectivity index (χ1v) is 10.0. The molecular formula is C21H28N4O3. The number of nitrogens with zero attached hydrogens (tertiary/aromatic N) is 3. The highest BCUT2D eigenvalue weighted by atomic mass is 16.5. The molecule has 0 saturated carbocycles. The van der Waals surface area contributed by atoms with E-state index in [1.807, 2.05) is 17.9 Å². The monoisotopic (exact) mass is 384 g/mol. The maximum absolute atomic E-state index is 12.7. The molecule has 2 amide bonds. The SMILES string of the molecule is Cc1cc(C2CCCN2C(=O)NCc2cccc(CN3CCOCC3)c2)no1. The number of rotatable bonds is 5. The van der Waals surface area contributed by atoms with E-state index in [4.69, 9.17) is 9.26 Å². The Morgan fingerprint density at radius 3 is 2.82 bits per heavy atom. The summed E-state index contributed by atoms with van der Waals surface area (Å²) in [6, 6.07) is 10.3. The number of hydrogen-bond acceptors (Lipinski definition) is 5. The zero-order valence-electron chi connectivity index (χ0n) is 16.4. The van der Waals surface area contributed by atoms with Crippen molar-refractivity contribution in [2.45, 2.75) is 38.9 Å². The smallest absolute Gasteiger partial charge is 0.318 e. The highest BCUT2D eigenvalue weighted by molar-refractivity contribution is 5.75. The lowest BCUT2D eigenvalue weighted by atomic mass is 10.1. The first-order chi connectivity index (χ1) is 13.7. The molecule has 1 atom stereocenters. The molecule has 1 N–H and O–H groups in total. The molecule has 7 heteroatoms. The van der Waals surface area contributed by atoms with Gasteiger partial charge in [0.25, 0.3) is 0 Å². The number of amides is 2. The zero-order chi connectivity index (χ0) is 19.3. The predicted octanol–water partition coefficient (Wildman–Crippen LogP) is 2.86. The lowest BCUT2D eigenvalue weighted by molar-refractivity contribution is 0.0342.